The van der Waals surface area contributed by atoms with Crippen LogP contribution in [0.4, 0.5) is 13.2 Å². The van der Waals surface area contributed by atoms with Gasteiger partial charge in [0.2, 0.25) is 5.91 Å². The van der Waals surface area contributed by atoms with Gasteiger partial charge in [-0.1, -0.05) is 0 Å². The van der Waals surface area contributed by atoms with Gasteiger partial charge in [-0.3, -0.25) is 4.79 Å². The van der Waals surface area contributed by atoms with E-state index in [4.69, 9.17) is 0 Å². The number of hydrogen-bond donors (Lipinski definition) is 2. The lowest BCUT2D eigenvalue weighted by Crippen LogP contribution is -2.52. The van der Waals surface area contributed by atoms with E-state index in [-0.39, 0.29) is 5.54 Å². The third-order valence-corrected chi connectivity index (χ3v) is 2.78. The van der Waals surface area contributed by atoms with Crippen molar-refractivity contribution in [2.45, 2.75) is 44.3 Å². The lowest BCUT2D eigenvalue weighted by Gasteiger charge is -2.35. The quantitative estimate of drug-likeness (QED) is 0.784. The van der Waals surface area contributed by atoms with E-state index in [1.54, 1.807) is 0 Å². The summed E-state index contributed by atoms with van der Waals surface area (Å²) in [6, 6.07) is 0. The predicted octanol–water partition coefficient (Wildman–Crippen LogP) is 1.59. The summed E-state index contributed by atoms with van der Waals surface area (Å²) in [6.45, 7) is 3.45. The maximum atomic E-state index is 11.9. The number of piperidine rings is 1. The van der Waals surface area contributed by atoms with Crippen molar-refractivity contribution < 1.29 is 18.0 Å². The number of alkyl halides is 3. The highest BCUT2D eigenvalue weighted by atomic mass is 19.4. The predicted molar refractivity (Wildman–Crippen MR) is 53.9 cm³/mol. The molecule has 1 aliphatic heterocycles. The van der Waals surface area contributed by atoms with Crippen LogP contribution >= 0.6 is 0 Å². The molecular weight excluding hydrogens is 221 g/mol. The van der Waals surface area contributed by atoms with Crippen LogP contribution in [0, 0.1) is 0 Å². The maximum Gasteiger partial charge on any atom is 0.389 e. The van der Waals surface area contributed by atoms with Crippen molar-refractivity contribution in [3.05, 3.63) is 0 Å². The summed E-state index contributed by atoms with van der Waals surface area (Å²) < 4.78 is 35.7. The third-order valence-electron chi connectivity index (χ3n) is 2.78. The van der Waals surface area contributed by atoms with Gasteiger partial charge in [-0.05, 0) is 32.9 Å². The van der Waals surface area contributed by atoms with Gasteiger partial charge in [0.1, 0.15) is 0 Å². The second kappa shape index (κ2) is 5.03. The molecule has 1 saturated heterocycles. The van der Waals surface area contributed by atoms with Crippen molar-refractivity contribution in [2.24, 2.45) is 0 Å². The number of carbonyl (C=O) groups excluding carboxylic acids is 1. The first-order valence-electron chi connectivity index (χ1n) is 5.39. The number of rotatable bonds is 3. The van der Waals surface area contributed by atoms with Crippen molar-refractivity contribution in [1.29, 1.82) is 0 Å². The molecular formula is C10H17F3N2O. The SMILES string of the molecule is CC1(NC(=O)CCC(F)(F)F)CCNCC1. The summed E-state index contributed by atoms with van der Waals surface area (Å²) in [7, 11) is 0. The smallest absolute Gasteiger partial charge is 0.351 e. The fourth-order valence-electron chi connectivity index (χ4n) is 1.76. The molecule has 1 fully saturated rings. The average molecular weight is 238 g/mol. The highest BCUT2D eigenvalue weighted by Gasteiger charge is 2.31. The Hall–Kier alpha value is -0.780. The van der Waals surface area contributed by atoms with E-state index in [9.17, 15) is 18.0 Å². The Morgan fingerprint density at radius 1 is 1.38 bits per heavy atom. The van der Waals surface area contributed by atoms with Crippen molar-refractivity contribution in [1.82, 2.24) is 10.6 Å². The van der Waals surface area contributed by atoms with Gasteiger partial charge in [-0.25, -0.2) is 0 Å². The van der Waals surface area contributed by atoms with E-state index in [1.807, 2.05) is 6.92 Å². The van der Waals surface area contributed by atoms with Gasteiger partial charge in [0, 0.05) is 12.0 Å². The molecule has 6 heteroatoms. The number of amides is 1. The summed E-state index contributed by atoms with van der Waals surface area (Å²) in [4.78, 5) is 11.3. The third kappa shape index (κ3) is 4.83. The minimum Gasteiger partial charge on any atom is -0.351 e. The normalized spacial score (nSPS) is 20.5. The minimum atomic E-state index is -4.26. The highest BCUT2D eigenvalue weighted by molar-refractivity contribution is 5.76. The molecule has 0 radical (unpaired) electrons. The number of carbonyl (C=O) groups is 1. The Bertz CT molecular complexity index is 247. The summed E-state index contributed by atoms with van der Waals surface area (Å²) in [5.74, 6) is -0.512. The number of nitrogens with one attached hydrogen (secondary N) is 2. The van der Waals surface area contributed by atoms with Gasteiger partial charge in [0.25, 0.3) is 0 Å². The van der Waals surface area contributed by atoms with Gasteiger partial charge in [-0.2, -0.15) is 13.2 Å². The second-order valence-electron chi connectivity index (χ2n) is 4.47. The zero-order valence-corrected chi connectivity index (χ0v) is 9.28. The van der Waals surface area contributed by atoms with Crippen LogP contribution in [-0.4, -0.2) is 30.7 Å². The molecule has 3 nitrogen and oxygen atoms in total. The van der Waals surface area contributed by atoms with Gasteiger partial charge < -0.3 is 10.6 Å². The number of halogens is 3. The maximum absolute atomic E-state index is 11.9. The molecule has 0 aromatic carbocycles. The summed E-state index contributed by atoms with van der Waals surface area (Å²) in [5.41, 5.74) is -0.353. The topological polar surface area (TPSA) is 41.1 Å². The first-order valence-corrected chi connectivity index (χ1v) is 5.39. The van der Waals surface area contributed by atoms with Crippen molar-refractivity contribution >= 4 is 5.91 Å². The molecule has 1 rings (SSSR count). The molecule has 1 aliphatic rings. The minimum absolute atomic E-state index is 0.353. The molecule has 0 saturated carbocycles. The largest absolute Gasteiger partial charge is 0.389 e. The molecule has 2 N–H and O–H groups in total. The van der Waals surface area contributed by atoms with Gasteiger partial charge >= 0.3 is 6.18 Å². The Morgan fingerprint density at radius 2 is 1.94 bits per heavy atom. The van der Waals surface area contributed by atoms with E-state index >= 15 is 0 Å². The molecule has 1 heterocycles. The fraction of sp³-hybridized carbons (Fsp3) is 0.900. The molecule has 0 bridgehead atoms. The van der Waals surface area contributed by atoms with Crippen molar-refractivity contribution in [3.63, 3.8) is 0 Å². The first kappa shape index (κ1) is 13.3. The van der Waals surface area contributed by atoms with E-state index < -0.39 is 24.9 Å². The zero-order valence-electron chi connectivity index (χ0n) is 9.28. The highest BCUT2D eigenvalue weighted by Crippen LogP contribution is 2.22. The van der Waals surface area contributed by atoms with E-state index in [0.717, 1.165) is 25.9 Å². The Balaban J connectivity index is 2.33. The van der Waals surface area contributed by atoms with Crippen LogP contribution in [0.1, 0.15) is 32.6 Å². The Morgan fingerprint density at radius 3 is 2.44 bits per heavy atom. The Kier molecular flexibility index (Phi) is 4.18. The van der Waals surface area contributed by atoms with E-state index in [1.165, 1.54) is 0 Å². The van der Waals surface area contributed by atoms with Crippen LogP contribution in [0.2, 0.25) is 0 Å². The summed E-state index contributed by atoms with van der Waals surface area (Å²) in [6.07, 6.45) is -4.28. The lowest BCUT2D eigenvalue weighted by atomic mass is 9.90. The van der Waals surface area contributed by atoms with Gasteiger partial charge in [-0.15, -0.1) is 0 Å². The first-order chi connectivity index (χ1) is 7.31. The van der Waals surface area contributed by atoms with Crippen molar-refractivity contribution in [2.75, 3.05) is 13.1 Å². The molecule has 94 valence electrons. The summed E-state index contributed by atoms with van der Waals surface area (Å²) >= 11 is 0. The van der Waals surface area contributed by atoms with Gasteiger partial charge in [0.15, 0.2) is 0 Å². The number of hydrogen-bond acceptors (Lipinski definition) is 2. The zero-order chi connectivity index (χ0) is 12.2. The molecule has 0 aromatic rings. The lowest BCUT2D eigenvalue weighted by molar-refractivity contribution is -0.145. The van der Waals surface area contributed by atoms with Crippen LogP contribution in [0.3, 0.4) is 0 Å². The molecule has 0 unspecified atom stereocenters. The van der Waals surface area contributed by atoms with Crippen LogP contribution in [0.15, 0.2) is 0 Å². The van der Waals surface area contributed by atoms with Crippen molar-refractivity contribution in [3.8, 4) is 0 Å². The summed E-state index contributed by atoms with van der Waals surface area (Å²) in [5, 5.41) is 5.83. The Labute approximate surface area is 92.8 Å². The van der Waals surface area contributed by atoms with E-state index in [0.29, 0.717) is 0 Å². The van der Waals surface area contributed by atoms with Gasteiger partial charge in [0.05, 0.1) is 6.42 Å². The van der Waals surface area contributed by atoms with Crippen LogP contribution in [0.25, 0.3) is 0 Å². The second-order valence-corrected chi connectivity index (χ2v) is 4.47. The molecule has 0 spiro atoms. The monoisotopic (exact) mass is 238 g/mol. The van der Waals surface area contributed by atoms with Crippen LogP contribution in [-0.2, 0) is 4.79 Å². The van der Waals surface area contributed by atoms with E-state index in [2.05, 4.69) is 10.6 Å². The molecule has 0 aliphatic carbocycles. The molecule has 0 atom stereocenters. The molecule has 0 aromatic heterocycles. The van der Waals surface area contributed by atoms with Crippen LogP contribution in [0.5, 0.6) is 0 Å². The fourth-order valence-corrected chi connectivity index (χ4v) is 1.76. The van der Waals surface area contributed by atoms with Crippen LogP contribution < -0.4 is 10.6 Å². The standard InChI is InChI=1S/C10H17F3N2O/c1-9(4-6-14-7-5-9)15-8(16)2-3-10(11,12)13/h14H,2-7H2,1H3,(H,15,16). The molecule has 16 heavy (non-hydrogen) atoms. The molecule has 1 amide bonds. The average Bonchev–Trinajstić information content (AvgIpc) is 2.14.